The van der Waals surface area contributed by atoms with E-state index in [9.17, 15) is 4.79 Å². The van der Waals surface area contributed by atoms with Crippen LogP contribution < -0.4 is 10.6 Å². The van der Waals surface area contributed by atoms with Crippen molar-refractivity contribution in [3.05, 3.63) is 21.3 Å². The van der Waals surface area contributed by atoms with Gasteiger partial charge in [-0.15, -0.1) is 11.3 Å². The minimum atomic E-state index is -0.486. The third-order valence-corrected chi connectivity index (χ3v) is 4.48. The van der Waals surface area contributed by atoms with Crippen LogP contribution in [0.1, 0.15) is 52.8 Å². The van der Waals surface area contributed by atoms with E-state index in [1.54, 1.807) is 11.3 Å². The zero-order chi connectivity index (χ0) is 17.7. The second kappa shape index (κ2) is 8.36. The lowest BCUT2D eigenvalue weighted by atomic mass is 9.90. The van der Waals surface area contributed by atoms with Crippen molar-refractivity contribution in [2.45, 2.75) is 65.6 Å². The second-order valence-electron chi connectivity index (χ2n) is 7.60. The van der Waals surface area contributed by atoms with Crippen molar-refractivity contribution in [1.82, 2.24) is 10.6 Å². The van der Waals surface area contributed by atoms with E-state index in [0.29, 0.717) is 12.5 Å². The summed E-state index contributed by atoms with van der Waals surface area (Å²) in [6.45, 7) is 13.3. The number of carbonyl (C=O) groups is 1. The summed E-state index contributed by atoms with van der Waals surface area (Å²) in [6, 6.07) is 1.97. The van der Waals surface area contributed by atoms with Crippen molar-refractivity contribution >= 4 is 29.0 Å². The van der Waals surface area contributed by atoms with Crippen LogP contribution in [0, 0.1) is 5.92 Å². The van der Waals surface area contributed by atoms with Crippen LogP contribution in [-0.4, -0.2) is 23.8 Å². The van der Waals surface area contributed by atoms with Gasteiger partial charge in [0.25, 0.3) is 0 Å². The Balaban J connectivity index is 2.60. The summed E-state index contributed by atoms with van der Waals surface area (Å²) >= 11 is 7.60. The fraction of sp³-hybridized carbons (Fsp3) is 0.706. The van der Waals surface area contributed by atoms with Crippen molar-refractivity contribution in [1.29, 1.82) is 0 Å². The maximum atomic E-state index is 11.9. The molecule has 1 unspecified atom stereocenters. The monoisotopic (exact) mass is 360 g/mol. The van der Waals surface area contributed by atoms with E-state index >= 15 is 0 Å². The molecule has 1 aromatic rings. The Bertz CT molecular complexity index is 511. The molecule has 1 heterocycles. The van der Waals surface area contributed by atoms with Gasteiger partial charge in [-0.25, -0.2) is 4.79 Å². The molecule has 1 amide bonds. The van der Waals surface area contributed by atoms with Gasteiger partial charge in [0.1, 0.15) is 5.60 Å². The van der Waals surface area contributed by atoms with Gasteiger partial charge in [-0.3, -0.25) is 0 Å². The normalized spacial score (nSPS) is 14.6. The smallest absolute Gasteiger partial charge is 0.407 e. The molecule has 0 saturated carbocycles. The van der Waals surface area contributed by atoms with Crippen LogP contribution in [0.25, 0.3) is 0 Å². The number of thiophene rings is 1. The summed E-state index contributed by atoms with van der Waals surface area (Å²) in [6.07, 6.45) is 0.565. The minimum Gasteiger partial charge on any atom is -0.444 e. The molecule has 0 aliphatic rings. The Labute approximate surface area is 148 Å². The number of halogens is 1. The molecule has 0 aliphatic heterocycles. The summed E-state index contributed by atoms with van der Waals surface area (Å²) in [7, 11) is 0. The second-order valence-corrected chi connectivity index (χ2v) is 9.03. The molecule has 0 aromatic carbocycles. The molecule has 132 valence electrons. The van der Waals surface area contributed by atoms with Gasteiger partial charge in [-0.1, -0.05) is 25.4 Å². The zero-order valence-electron chi connectivity index (χ0n) is 15.0. The first kappa shape index (κ1) is 20.3. The molecule has 0 fully saturated rings. The van der Waals surface area contributed by atoms with Crippen molar-refractivity contribution in [3.8, 4) is 0 Å². The van der Waals surface area contributed by atoms with E-state index in [-0.39, 0.29) is 11.6 Å². The minimum absolute atomic E-state index is 0.207. The van der Waals surface area contributed by atoms with Crippen molar-refractivity contribution in [2.24, 2.45) is 5.92 Å². The van der Waals surface area contributed by atoms with Crippen LogP contribution in [0.3, 0.4) is 0 Å². The van der Waals surface area contributed by atoms with Crippen molar-refractivity contribution < 1.29 is 9.53 Å². The third-order valence-electron chi connectivity index (χ3n) is 3.19. The molecule has 0 bridgehead atoms. The van der Waals surface area contributed by atoms with E-state index in [1.807, 2.05) is 32.2 Å². The van der Waals surface area contributed by atoms with Crippen molar-refractivity contribution in [2.75, 3.05) is 6.54 Å². The standard InChI is InChI=1S/C17H29ClN2O2S/c1-12(2)8-17(6,11-19-15(21)22-16(3,4)5)20-9-14-7-13(18)10-23-14/h7,10,12,20H,8-9,11H2,1-6H3,(H,19,21). The Hall–Kier alpha value is -0.780. The summed E-state index contributed by atoms with van der Waals surface area (Å²) in [5.41, 5.74) is -0.693. The molecule has 1 aromatic heterocycles. The van der Waals surface area contributed by atoms with E-state index in [1.165, 1.54) is 4.88 Å². The molecule has 1 atom stereocenters. The van der Waals surface area contributed by atoms with Gasteiger partial charge in [-0.05, 0) is 46.1 Å². The fourth-order valence-electron chi connectivity index (χ4n) is 2.44. The van der Waals surface area contributed by atoms with Crippen LogP contribution in [0.2, 0.25) is 5.02 Å². The molecule has 0 spiro atoms. The lowest BCUT2D eigenvalue weighted by Crippen LogP contribution is -2.52. The molecule has 23 heavy (non-hydrogen) atoms. The molecule has 1 rings (SSSR count). The highest BCUT2D eigenvalue weighted by Crippen LogP contribution is 2.21. The Morgan fingerprint density at radius 3 is 2.48 bits per heavy atom. The first-order valence-electron chi connectivity index (χ1n) is 7.94. The van der Waals surface area contributed by atoms with Crippen LogP contribution in [-0.2, 0) is 11.3 Å². The van der Waals surface area contributed by atoms with Crippen LogP contribution in [0.15, 0.2) is 11.4 Å². The van der Waals surface area contributed by atoms with E-state index in [0.717, 1.165) is 18.0 Å². The average Bonchev–Trinajstić information content (AvgIpc) is 2.77. The van der Waals surface area contributed by atoms with Gasteiger partial charge in [-0.2, -0.15) is 0 Å². The van der Waals surface area contributed by atoms with E-state index < -0.39 is 5.60 Å². The number of hydrogen-bond donors (Lipinski definition) is 2. The molecule has 6 heteroatoms. The maximum absolute atomic E-state index is 11.9. The molecular formula is C17H29ClN2O2S. The molecule has 2 N–H and O–H groups in total. The highest BCUT2D eigenvalue weighted by Gasteiger charge is 2.27. The Morgan fingerprint density at radius 2 is 2.00 bits per heavy atom. The van der Waals surface area contributed by atoms with Gasteiger partial charge in [0.2, 0.25) is 0 Å². The fourth-order valence-corrected chi connectivity index (χ4v) is 3.45. The summed E-state index contributed by atoms with van der Waals surface area (Å²) in [4.78, 5) is 13.1. The number of rotatable bonds is 7. The SMILES string of the molecule is CC(C)CC(C)(CNC(=O)OC(C)(C)C)NCc1cc(Cl)cs1. The van der Waals surface area contributed by atoms with Gasteiger partial charge in [0, 0.05) is 28.9 Å². The number of hydrogen-bond acceptors (Lipinski definition) is 4. The number of nitrogens with one attached hydrogen (secondary N) is 2. The lowest BCUT2D eigenvalue weighted by Gasteiger charge is -2.33. The number of carbonyl (C=O) groups excluding carboxylic acids is 1. The molecule has 4 nitrogen and oxygen atoms in total. The highest BCUT2D eigenvalue weighted by atomic mass is 35.5. The lowest BCUT2D eigenvalue weighted by molar-refractivity contribution is 0.0507. The number of ether oxygens (including phenoxy) is 1. The van der Waals surface area contributed by atoms with Gasteiger partial charge in [0.05, 0.1) is 5.02 Å². The van der Waals surface area contributed by atoms with Crippen molar-refractivity contribution in [3.63, 3.8) is 0 Å². The Kier molecular flexibility index (Phi) is 7.36. The van der Waals surface area contributed by atoms with Crippen LogP contribution in [0.5, 0.6) is 0 Å². The topological polar surface area (TPSA) is 50.4 Å². The van der Waals surface area contributed by atoms with Gasteiger partial charge >= 0.3 is 6.09 Å². The maximum Gasteiger partial charge on any atom is 0.407 e. The van der Waals surface area contributed by atoms with Gasteiger partial charge < -0.3 is 15.4 Å². The summed E-state index contributed by atoms with van der Waals surface area (Å²) in [5.74, 6) is 0.514. The number of alkyl carbamates (subject to hydrolysis) is 1. The molecule has 0 radical (unpaired) electrons. The zero-order valence-corrected chi connectivity index (χ0v) is 16.5. The Morgan fingerprint density at radius 1 is 1.35 bits per heavy atom. The van der Waals surface area contributed by atoms with Gasteiger partial charge in [0.15, 0.2) is 0 Å². The average molecular weight is 361 g/mol. The summed E-state index contributed by atoms with van der Waals surface area (Å²) < 4.78 is 5.31. The molecule has 0 aliphatic carbocycles. The highest BCUT2D eigenvalue weighted by molar-refractivity contribution is 7.10. The first-order valence-corrected chi connectivity index (χ1v) is 9.20. The van der Waals surface area contributed by atoms with E-state index in [2.05, 4.69) is 31.4 Å². The largest absolute Gasteiger partial charge is 0.444 e. The number of amides is 1. The van der Waals surface area contributed by atoms with Crippen LogP contribution in [0.4, 0.5) is 4.79 Å². The predicted molar refractivity (Wildman–Crippen MR) is 98.3 cm³/mol. The molecular weight excluding hydrogens is 332 g/mol. The van der Waals surface area contributed by atoms with E-state index in [4.69, 9.17) is 16.3 Å². The van der Waals surface area contributed by atoms with Crippen LogP contribution >= 0.6 is 22.9 Å². The predicted octanol–water partition coefficient (Wildman–Crippen LogP) is 4.82. The first-order chi connectivity index (χ1) is 10.5. The quantitative estimate of drug-likeness (QED) is 0.732. The third kappa shape index (κ3) is 8.58. The summed E-state index contributed by atoms with van der Waals surface area (Å²) in [5, 5.41) is 9.13. The molecule has 0 saturated heterocycles.